The zero-order valence-corrected chi connectivity index (χ0v) is 16.5. The third kappa shape index (κ3) is 6.75. The van der Waals surface area contributed by atoms with Crippen LogP contribution >= 0.6 is 11.8 Å². The predicted octanol–water partition coefficient (Wildman–Crippen LogP) is 2.04. The van der Waals surface area contributed by atoms with E-state index in [-0.39, 0.29) is 6.10 Å². The highest BCUT2D eigenvalue weighted by Crippen LogP contribution is 2.19. The lowest BCUT2D eigenvalue weighted by Gasteiger charge is -2.17. The van der Waals surface area contributed by atoms with Crippen LogP contribution in [0.1, 0.15) is 30.5 Å². The second kappa shape index (κ2) is 10.2. The number of hydrogen-bond donors (Lipinski definition) is 3. The van der Waals surface area contributed by atoms with Gasteiger partial charge in [0.2, 0.25) is 0 Å². The minimum Gasteiger partial charge on any atom is -0.491 e. The Morgan fingerprint density at radius 2 is 1.96 bits per heavy atom. The second-order valence-electron chi connectivity index (χ2n) is 6.27. The Hall–Kier alpha value is -2.29. The molecule has 27 heavy (non-hydrogen) atoms. The molecule has 0 bridgehead atoms. The first-order chi connectivity index (χ1) is 12.9. The normalized spacial score (nSPS) is 12.0. The van der Waals surface area contributed by atoms with E-state index in [1.807, 2.05) is 57.2 Å². The third-order valence-corrected chi connectivity index (χ3v) is 4.36. The number of aryl methyl sites for hydroxylation is 1. The SMILES string of the molecule is Cc1cc(C=NN=C(N)SCc2ccccc2)c(OC(C)C)c(B(O)O)c1. The molecule has 142 valence electrons. The molecule has 4 N–H and O–H groups in total. The number of nitrogens with two attached hydrogens (primary N) is 1. The van der Waals surface area contributed by atoms with E-state index in [0.717, 1.165) is 11.1 Å². The molecule has 0 aliphatic heterocycles. The summed E-state index contributed by atoms with van der Waals surface area (Å²) in [5.41, 5.74) is 8.80. The van der Waals surface area contributed by atoms with Gasteiger partial charge in [0.05, 0.1) is 12.3 Å². The molecule has 0 atom stereocenters. The molecule has 0 saturated heterocycles. The second-order valence-corrected chi connectivity index (χ2v) is 7.27. The topological polar surface area (TPSA) is 100 Å². The summed E-state index contributed by atoms with van der Waals surface area (Å²) < 4.78 is 5.76. The summed E-state index contributed by atoms with van der Waals surface area (Å²) in [5, 5.41) is 27.7. The molecule has 8 heteroatoms. The van der Waals surface area contributed by atoms with Gasteiger partial charge in [-0.05, 0) is 32.4 Å². The first kappa shape index (κ1) is 21.0. The first-order valence-corrected chi connectivity index (χ1v) is 9.56. The fourth-order valence-corrected chi connectivity index (χ4v) is 3.01. The Balaban J connectivity index is 2.16. The van der Waals surface area contributed by atoms with E-state index < -0.39 is 7.12 Å². The fraction of sp³-hybridized carbons (Fsp3) is 0.263. The average molecular weight is 385 g/mol. The molecular formula is C19H24BN3O3S. The number of ether oxygens (including phenoxy) is 1. The van der Waals surface area contributed by atoms with Gasteiger partial charge in [-0.15, -0.1) is 5.10 Å². The maximum absolute atomic E-state index is 9.64. The van der Waals surface area contributed by atoms with Crippen LogP contribution in [0.4, 0.5) is 0 Å². The molecule has 0 aromatic heterocycles. The summed E-state index contributed by atoms with van der Waals surface area (Å²) in [7, 11) is -1.64. The lowest BCUT2D eigenvalue weighted by Crippen LogP contribution is -2.33. The van der Waals surface area contributed by atoms with Gasteiger partial charge in [0.25, 0.3) is 0 Å². The van der Waals surface area contributed by atoms with Crippen LogP contribution in [0.2, 0.25) is 0 Å². The molecule has 0 radical (unpaired) electrons. The quantitative estimate of drug-likeness (QED) is 0.293. The van der Waals surface area contributed by atoms with Gasteiger partial charge in [-0.3, -0.25) is 0 Å². The lowest BCUT2D eigenvalue weighted by molar-refractivity contribution is 0.243. The van der Waals surface area contributed by atoms with Crippen LogP contribution in [-0.2, 0) is 5.75 Å². The standard InChI is InChI=1S/C19H24BN3O3S/c1-13(2)26-18-16(9-14(3)10-17(18)20(24)25)11-22-23-19(21)27-12-15-7-5-4-6-8-15/h4-11,13,24-25H,12H2,1-3H3,(H2,21,23). The molecule has 0 amide bonds. The molecule has 0 saturated carbocycles. The van der Waals surface area contributed by atoms with Crippen molar-refractivity contribution in [2.75, 3.05) is 0 Å². The number of amidine groups is 1. The summed E-state index contributed by atoms with van der Waals surface area (Å²) >= 11 is 1.39. The lowest BCUT2D eigenvalue weighted by atomic mass is 9.77. The van der Waals surface area contributed by atoms with Gasteiger partial charge >= 0.3 is 7.12 Å². The Bertz CT molecular complexity index is 811. The molecule has 0 fully saturated rings. The molecule has 6 nitrogen and oxygen atoms in total. The largest absolute Gasteiger partial charge is 0.492 e. The van der Waals surface area contributed by atoms with Gasteiger partial charge in [0.1, 0.15) is 5.75 Å². The van der Waals surface area contributed by atoms with Gasteiger partial charge in [-0.1, -0.05) is 53.7 Å². The van der Waals surface area contributed by atoms with Crippen LogP contribution in [-0.4, -0.2) is 34.7 Å². The summed E-state index contributed by atoms with van der Waals surface area (Å²) in [4.78, 5) is 0. The molecule has 0 aliphatic rings. The minimum absolute atomic E-state index is 0.132. The van der Waals surface area contributed by atoms with Crippen molar-refractivity contribution < 1.29 is 14.8 Å². The average Bonchev–Trinajstić information content (AvgIpc) is 2.62. The van der Waals surface area contributed by atoms with Gasteiger partial charge in [0, 0.05) is 16.8 Å². The van der Waals surface area contributed by atoms with Crippen LogP contribution in [0.5, 0.6) is 5.75 Å². The highest BCUT2D eigenvalue weighted by Gasteiger charge is 2.21. The molecule has 2 aromatic rings. The first-order valence-electron chi connectivity index (χ1n) is 8.57. The van der Waals surface area contributed by atoms with Gasteiger partial charge in [-0.25, -0.2) is 0 Å². The summed E-state index contributed by atoms with van der Waals surface area (Å²) in [6.45, 7) is 5.59. The minimum atomic E-state index is -1.64. The van der Waals surface area contributed by atoms with Crippen molar-refractivity contribution in [1.29, 1.82) is 0 Å². The van der Waals surface area contributed by atoms with Crippen LogP contribution in [0, 0.1) is 6.92 Å². The van der Waals surface area contributed by atoms with E-state index >= 15 is 0 Å². The number of rotatable bonds is 7. The molecule has 0 aliphatic carbocycles. The number of thioether (sulfide) groups is 1. The Morgan fingerprint density at radius 3 is 2.59 bits per heavy atom. The van der Waals surface area contributed by atoms with E-state index in [2.05, 4.69) is 10.2 Å². The Morgan fingerprint density at radius 1 is 1.26 bits per heavy atom. The zero-order valence-electron chi connectivity index (χ0n) is 15.7. The molecule has 2 aromatic carbocycles. The molecule has 0 unspecified atom stereocenters. The maximum Gasteiger partial charge on any atom is 0.492 e. The van der Waals surface area contributed by atoms with Crippen LogP contribution in [0.15, 0.2) is 52.7 Å². The molecule has 0 spiro atoms. The van der Waals surface area contributed by atoms with Crippen LogP contribution in [0.3, 0.4) is 0 Å². The number of hydrogen-bond acceptors (Lipinski definition) is 6. The monoisotopic (exact) mass is 385 g/mol. The van der Waals surface area contributed by atoms with E-state index in [1.165, 1.54) is 18.0 Å². The van der Waals surface area contributed by atoms with Gasteiger partial charge in [0.15, 0.2) is 5.17 Å². The predicted molar refractivity (Wildman–Crippen MR) is 114 cm³/mol. The van der Waals surface area contributed by atoms with Crippen molar-refractivity contribution in [2.45, 2.75) is 32.6 Å². The van der Waals surface area contributed by atoms with Crippen molar-refractivity contribution in [3.8, 4) is 5.75 Å². The van der Waals surface area contributed by atoms with E-state index in [4.69, 9.17) is 10.5 Å². The maximum atomic E-state index is 9.64. The Kier molecular flexibility index (Phi) is 7.90. The van der Waals surface area contributed by atoms with E-state index in [0.29, 0.717) is 27.7 Å². The van der Waals surface area contributed by atoms with Crippen LogP contribution in [0.25, 0.3) is 0 Å². The van der Waals surface area contributed by atoms with E-state index in [1.54, 1.807) is 6.07 Å². The summed E-state index contributed by atoms with van der Waals surface area (Å²) in [6.07, 6.45) is 1.37. The van der Waals surface area contributed by atoms with Crippen molar-refractivity contribution >= 4 is 35.7 Å². The van der Waals surface area contributed by atoms with Crippen molar-refractivity contribution in [1.82, 2.24) is 0 Å². The summed E-state index contributed by atoms with van der Waals surface area (Å²) in [5.74, 6) is 1.08. The van der Waals surface area contributed by atoms with Crippen molar-refractivity contribution in [3.63, 3.8) is 0 Å². The van der Waals surface area contributed by atoms with Crippen LogP contribution < -0.4 is 15.9 Å². The molecule has 0 heterocycles. The van der Waals surface area contributed by atoms with E-state index in [9.17, 15) is 10.0 Å². The van der Waals surface area contributed by atoms with Gasteiger partial charge in [-0.2, -0.15) is 5.10 Å². The van der Waals surface area contributed by atoms with Crippen molar-refractivity contribution in [3.05, 3.63) is 59.2 Å². The van der Waals surface area contributed by atoms with Crippen molar-refractivity contribution in [2.24, 2.45) is 15.9 Å². The number of nitrogens with zero attached hydrogens (tertiary/aromatic N) is 2. The fourth-order valence-electron chi connectivity index (χ4n) is 2.40. The molecular weight excluding hydrogens is 361 g/mol. The highest BCUT2D eigenvalue weighted by molar-refractivity contribution is 8.13. The number of benzene rings is 2. The molecule has 2 rings (SSSR count). The summed E-state index contributed by atoms with van der Waals surface area (Å²) in [6, 6.07) is 13.5. The smallest absolute Gasteiger partial charge is 0.491 e. The Labute approximate surface area is 164 Å². The highest BCUT2D eigenvalue weighted by atomic mass is 32.2. The van der Waals surface area contributed by atoms with Gasteiger partial charge < -0.3 is 20.5 Å². The third-order valence-electron chi connectivity index (χ3n) is 3.51. The zero-order chi connectivity index (χ0) is 19.8.